The van der Waals surface area contributed by atoms with Gasteiger partial charge in [0, 0.05) is 53.6 Å². The molecule has 0 bridgehead atoms. The Morgan fingerprint density at radius 2 is 1.87 bits per heavy atom. The predicted octanol–water partition coefficient (Wildman–Crippen LogP) is 0.635. The van der Waals surface area contributed by atoms with Crippen molar-refractivity contribution in [3.63, 3.8) is 0 Å². The number of nitrogens with zero attached hydrogens (tertiary/aromatic N) is 2. The van der Waals surface area contributed by atoms with Crippen LogP contribution in [0, 0.1) is 0 Å². The van der Waals surface area contributed by atoms with Crippen LogP contribution in [0.1, 0.15) is 18.9 Å². The summed E-state index contributed by atoms with van der Waals surface area (Å²) >= 11 is 0. The molecule has 0 unspecified atom stereocenters. The van der Waals surface area contributed by atoms with E-state index in [2.05, 4.69) is 32.3 Å². The molecule has 10 heteroatoms. The lowest BCUT2D eigenvalue weighted by molar-refractivity contribution is 0.180. The monoisotopic (exact) mass is 443 g/mol. The zero-order valence-corrected chi connectivity index (χ0v) is 19.4. The van der Waals surface area contributed by atoms with Crippen molar-refractivity contribution in [2.45, 2.75) is 24.8 Å². The predicted molar refractivity (Wildman–Crippen MR) is 120 cm³/mol. The van der Waals surface area contributed by atoms with Gasteiger partial charge in [-0.3, -0.25) is 0 Å². The normalized spacial score (nSPS) is 12.4. The van der Waals surface area contributed by atoms with Crippen LogP contribution in [0.15, 0.2) is 34.2 Å². The van der Waals surface area contributed by atoms with Crippen LogP contribution in [0.3, 0.4) is 0 Å². The summed E-state index contributed by atoms with van der Waals surface area (Å²) in [4.78, 5) is 7.04. The van der Waals surface area contributed by atoms with Crippen LogP contribution in [0.5, 0.6) is 0 Å². The van der Waals surface area contributed by atoms with Crippen molar-refractivity contribution in [1.82, 2.24) is 20.3 Å². The maximum absolute atomic E-state index is 12.4. The Bertz CT molecular complexity index is 728. The molecular formula is C20H37N5O4S. The lowest BCUT2D eigenvalue weighted by Gasteiger charge is -2.18. The van der Waals surface area contributed by atoms with E-state index in [-0.39, 0.29) is 11.4 Å². The molecule has 0 radical (unpaired) electrons. The van der Waals surface area contributed by atoms with Crippen LogP contribution in [-0.2, 0) is 26.0 Å². The van der Waals surface area contributed by atoms with Gasteiger partial charge < -0.3 is 25.0 Å². The first-order chi connectivity index (χ1) is 14.4. The van der Waals surface area contributed by atoms with Crippen molar-refractivity contribution >= 4 is 16.0 Å². The minimum absolute atomic E-state index is 0.224. The number of guanidine groups is 1. The lowest BCUT2D eigenvalue weighted by atomic mass is 10.2. The van der Waals surface area contributed by atoms with E-state index in [4.69, 9.17) is 9.47 Å². The van der Waals surface area contributed by atoms with Crippen LogP contribution in [0.25, 0.3) is 0 Å². The molecule has 0 fully saturated rings. The average Bonchev–Trinajstić information content (AvgIpc) is 2.72. The molecule has 0 amide bonds. The summed E-state index contributed by atoms with van der Waals surface area (Å²) in [5.41, 5.74) is 0.818. The molecule has 3 N–H and O–H groups in total. The van der Waals surface area contributed by atoms with E-state index < -0.39 is 10.0 Å². The van der Waals surface area contributed by atoms with Crippen LogP contribution < -0.4 is 15.4 Å². The summed E-state index contributed by atoms with van der Waals surface area (Å²) in [6, 6.07) is 6.81. The molecule has 1 aromatic carbocycles. The van der Waals surface area contributed by atoms with Crippen LogP contribution in [0.2, 0.25) is 0 Å². The van der Waals surface area contributed by atoms with Crippen molar-refractivity contribution in [2.24, 2.45) is 4.99 Å². The van der Waals surface area contributed by atoms with Gasteiger partial charge in [0.2, 0.25) is 10.0 Å². The molecule has 0 saturated heterocycles. The summed E-state index contributed by atoms with van der Waals surface area (Å²) in [5, 5.41) is 6.53. The summed E-state index contributed by atoms with van der Waals surface area (Å²) < 4.78 is 37.2. The number of benzene rings is 1. The van der Waals surface area contributed by atoms with Crippen molar-refractivity contribution < 1.29 is 17.9 Å². The quantitative estimate of drug-likeness (QED) is 0.208. The molecule has 0 aliphatic heterocycles. The molecule has 0 spiro atoms. The Labute approximate surface area is 181 Å². The zero-order chi connectivity index (χ0) is 22.2. The van der Waals surface area contributed by atoms with Gasteiger partial charge in [0.05, 0.1) is 18.0 Å². The fraction of sp³-hybridized carbons (Fsp3) is 0.650. The number of methoxy groups -OCH3 is 2. The highest BCUT2D eigenvalue weighted by Crippen LogP contribution is 2.12. The standard InChI is InChI=1S/C20H37N5O4S/c1-5-21-20(22-10-13-25(2)12-7-14-28-3)23-17-18-8-6-9-19(16-18)30(26,27)24-11-15-29-4/h6,8-9,16,24H,5,7,10-15,17H2,1-4H3,(H2,21,22,23). The van der Waals surface area contributed by atoms with Gasteiger partial charge in [0.15, 0.2) is 5.96 Å². The Balaban J connectivity index is 2.63. The summed E-state index contributed by atoms with van der Waals surface area (Å²) in [7, 11) is 1.76. The zero-order valence-electron chi connectivity index (χ0n) is 18.6. The highest BCUT2D eigenvalue weighted by molar-refractivity contribution is 7.89. The number of sulfonamides is 1. The van der Waals surface area contributed by atoms with Gasteiger partial charge in [-0.05, 0) is 38.1 Å². The smallest absolute Gasteiger partial charge is 0.240 e. The van der Waals surface area contributed by atoms with E-state index >= 15 is 0 Å². The minimum Gasteiger partial charge on any atom is -0.385 e. The first-order valence-corrected chi connectivity index (χ1v) is 11.7. The second-order valence-corrected chi connectivity index (χ2v) is 8.58. The number of hydrogen-bond donors (Lipinski definition) is 3. The van der Waals surface area contributed by atoms with Crippen molar-refractivity contribution in [3.05, 3.63) is 29.8 Å². The molecule has 0 aromatic heterocycles. The number of hydrogen-bond acceptors (Lipinski definition) is 6. The molecule has 9 nitrogen and oxygen atoms in total. The van der Waals surface area contributed by atoms with E-state index in [1.807, 2.05) is 13.0 Å². The van der Waals surface area contributed by atoms with Gasteiger partial charge in [-0.2, -0.15) is 0 Å². The molecule has 1 aromatic rings. The number of likely N-dealkylation sites (N-methyl/N-ethyl adjacent to an activating group) is 1. The summed E-state index contributed by atoms with van der Waals surface area (Å²) in [6.07, 6.45) is 1.00. The van der Waals surface area contributed by atoms with E-state index in [0.29, 0.717) is 19.1 Å². The van der Waals surface area contributed by atoms with Crippen LogP contribution in [0.4, 0.5) is 0 Å². The third-order valence-corrected chi connectivity index (χ3v) is 5.70. The molecule has 0 aliphatic carbocycles. The van der Waals surface area contributed by atoms with Crippen molar-refractivity contribution in [1.29, 1.82) is 0 Å². The first-order valence-electron chi connectivity index (χ1n) is 10.2. The van der Waals surface area contributed by atoms with Gasteiger partial charge in [-0.1, -0.05) is 12.1 Å². The Hall–Kier alpha value is -1.72. The number of nitrogens with one attached hydrogen (secondary N) is 3. The van der Waals surface area contributed by atoms with Gasteiger partial charge in [-0.25, -0.2) is 18.1 Å². The van der Waals surface area contributed by atoms with Gasteiger partial charge in [-0.15, -0.1) is 0 Å². The largest absolute Gasteiger partial charge is 0.385 e. The fourth-order valence-electron chi connectivity index (χ4n) is 2.64. The Morgan fingerprint density at radius 3 is 2.57 bits per heavy atom. The number of ether oxygens (including phenoxy) is 2. The van der Waals surface area contributed by atoms with Gasteiger partial charge >= 0.3 is 0 Å². The summed E-state index contributed by atoms with van der Waals surface area (Å²) in [6.45, 7) is 7.06. The second-order valence-electron chi connectivity index (χ2n) is 6.81. The highest BCUT2D eigenvalue weighted by atomic mass is 32.2. The maximum Gasteiger partial charge on any atom is 0.240 e. The minimum atomic E-state index is -3.56. The van der Waals surface area contributed by atoms with Gasteiger partial charge in [0.1, 0.15) is 0 Å². The fourth-order valence-corrected chi connectivity index (χ4v) is 3.72. The molecule has 172 valence electrons. The third-order valence-electron chi connectivity index (χ3n) is 4.25. The Kier molecular flexibility index (Phi) is 13.3. The van der Waals surface area contributed by atoms with Crippen LogP contribution >= 0.6 is 0 Å². The SMILES string of the molecule is CCNC(=NCc1cccc(S(=O)(=O)NCCOC)c1)NCCN(C)CCCOC. The molecule has 0 atom stereocenters. The molecule has 0 aliphatic rings. The van der Waals surface area contributed by atoms with Crippen molar-refractivity contribution in [3.8, 4) is 0 Å². The number of aliphatic imine (C=N–C) groups is 1. The van der Waals surface area contributed by atoms with E-state index in [1.165, 1.54) is 7.11 Å². The molecule has 1 rings (SSSR count). The van der Waals surface area contributed by atoms with E-state index in [0.717, 1.165) is 44.8 Å². The molecular weight excluding hydrogens is 406 g/mol. The average molecular weight is 444 g/mol. The van der Waals surface area contributed by atoms with Crippen molar-refractivity contribution in [2.75, 3.05) is 67.2 Å². The topological polar surface area (TPSA) is 104 Å². The third kappa shape index (κ3) is 10.9. The first kappa shape index (κ1) is 26.3. The number of rotatable bonds is 15. The molecule has 30 heavy (non-hydrogen) atoms. The molecule has 0 heterocycles. The second kappa shape index (κ2) is 15.1. The van der Waals surface area contributed by atoms with E-state index in [9.17, 15) is 8.42 Å². The van der Waals surface area contributed by atoms with Crippen LogP contribution in [-0.4, -0.2) is 86.5 Å². The van der Waals surface area contributed by atoms with E-state index in [1.54, 1.807) is 25.3 Å². The highest BCUT2D eigenvalue weighted by Gasteiger charge is 2.13. The summed E-state index contributed by atoms with van der Waals surface area (Å²) in [5.74, 6) is 0.703. The van der Waals surface area contributed by atoms with Gasteiger partial charge in [0.25, 0.3) is 0 Å². The lowest BCUT2D eigenvalue weighted by Crippen LogP contribution is -2.41. The Morgan fingerprint density at radius 1 is 1.10 bits per heavy atom. The maximum atomic E-state index is 12.4. The molecule has 0 saturated carbocycles.